The van der Waals surface area contributed by atoms with E-state index in [2.05, 4.69) is 39.9 Å². The van der Waals surface area contributed by atoms with Crippen molar-refractivity contribution in [2.45, 2.75) is 96.1 Å². The Hall–Kier alpha value is -2.94. The van der Waals surface area contributed by atoms with Crippen molar-refractivity contribution in [1.29, 1.82) is 0 Å². The predicted octanol–water partition coefficient (Wildman–Crippen LogP) is 5.14. The third-order valence-electron chi connectivity index (χ3n) is 7.61. The zero-order valence-electron chi connectivity index (χ0n) is 24.0. The van der Waals surface area contributed by atoms with Gasteiger partial charge in [-0.15, -0.1) is 9.24 Å². The van der Waals surface area contributed by atoms with E-state index in [0.717, 1.165) is 0 Å². The summed E-state index contributed by atoms with van der Waals surface area (Å²) in [6.45, 7) is 11.4. The Morgan fingerprint density at radius 1 is 1.25 bits per heavy atom. The minimum Gasteiger partial charge on any atom is -0.355 e. The summed E-state index contributed by atoms with van der Waals surface area (Å²) in [6, 6.07) is 2.58. The smallest absolute Gasteiger partial charge is 0.289 e. The molecule has 0 saturated heterocycles. The van der Waals surface area contributed by atoms with Crippen LogP contribution in [-0.4, -0.2) is 53.9 Å². The highest BCUT2D eigenvalue weighted by Gasteiger charge is 2.37. The van der Waals surface area contributed by atoms with Crippen molar-refractivity contribution < 1.29 is 18.4 Å². The van der Waals surface area contributed by atoms with Gasteiger partial charge in [0.05, 0.1) is 17.5 Å². The number of amides is 2. The van der Waals surface area contributed by atoms with Gasteiger partial charge in [0.1, 0.15) is 23.3 Å². The highest BCUT2D eigenvalue weighted by Crippen LogP contribution is 2.40. The number of fused-ring (bicyclic) bond motifs is 1. The van der Waals surface area contributed by atoms with Crippen molar-refractivity contribution in [3.05, 3.63) is 41.5 Å². The second-order valence-corrected chi connectivity index (χ2v) is 13.8. The zero-order valence-corrected chi connectivity index (χ0v) is 25.2. The average molecular weight is 576 g/mol. The monoisotopic (exact) mass is 575 g/mol. The normalized spacial score (nSPS) is 21.4. The molecule has 0 aliphatic heterocycles. The van der Waals surface area contributed by atoms with Crippen LogP contribution in [0.5, 0.6) is 0 Å². The number of hydrogen-bond acceptors (Lipinski definition) is 5. The van der Waals surface area contributed by atoms with Gasteiger partial charge in [-0.25, -0.2) is 23.4 Å². The van der Waals surface area contributed by atoms with Crippen LogP contribution in [0.4, 0.5) is 8.78 Å². The fourth-order valence-corrected chi connectivity index (χ4v) is 5.25. The van der Waals surface area contributed by atoms with Gasteiger partial charge in [0.25, 0.3) is 5.91 Å². The molecule has 218 valence electrons. The van der Waals surface area contributed by atoms with Crippen molar-refractivity contribution >= 4 is 32.1 Å². The molecule has 1 aliphatic rings. The number of alkyl halides is 1. The van der Waals surface area contributed by atoms with Crippen LogP contribution >= 0.6 is 9.24 Å². The minimum atomic E-state index is -1.26. The molecule has 40 heavy (non-hydrogen) atoms. The van der Waals surface area contributed by atoms with Crippen molar-refractivity contribution in [1.82, 2.24) is 35.4 Å². The summed E-state index contributed by atoms with van der Waals surface area (Å²) in [4.78, 5) is 38.0. The van der Waals surface area contributed by atoms with E-state index in [1.54, 1.807) is 26.0 Å². The molecular formula is C28H40F2N7O2P. The van der Waals surface area contributed by atoms with E-state index in [1.807, 2.05) is 27.7 Å². The summed E-state index contributed by atoms with van der Waals surface area (Å²) < 4.78 is 32.0. The summed E-state index contributed by atoms with van der Waals surface area (Å²) in [5.41, 5.74) is -0.485. The second-order valence-electron chi connectivity index (χ2n) is 12.2. The Morgan fingerprint density at radius 3 is 2.55 bits per heavy atom. The molecule has 3 aromatic rings. The number of aromatic nitrogens is 5. The number of aromatic amines is 1. The van der Waals surface area contributed by atoms with E-state index in [9.17, 15) is 14.0 Å². The van der Waals surface area contributed by atoms with Crippen molar-refractivity contribution in [3.63, 3.8) is 0 Å². The quantitative estimate of drug-likeness (QED) is 0.306. The SMILES string of the molecule is CC(C)n1ncnc1C(=O)N[C@H](c1nc2c(F)c([C@H](C)C(=O)NCC(C)(C)P)ccc2[nH]1)C1CCC(C)(F)CC1. The van der Waals surface area contributed by atoms with Gasteiger partial charge in [-0.2, -0.15) is 5.10 Å². The molecular weight excluding hydrogens is 535 g/mol. The largest absolute Gasteiger partial charge is 0.355 e. The first-order valence-electron chi connectivity index (χ1n) is 13.8. The molecule has 0 spiro atoms. The molecule has 9 nitrogen and oxygen atoms in total. The van der Waals surface area contributed by atoms with Gasteiger partial charge in [0.15, 0.2) is 5.82 Å². The van der Waals surface area contributed by atoms with Crippen LogP contribution < -0.4 is 10.6 Å². The Morgan fingerprint density at radius 2 is 1.93 bits per heavy atom. The first-order valence-corrected chi connectivity index (χ1v) is 14.4. The number of carbonyl (C=O) groups is 2. The van der Waals surface area contributed by atoms with Crippen molar-refractivity contribution in [3.8, 4) is 0 Å². The van der Waals surface area contributed by atoms with Crippen LogP contribution in [0.2, 0.25) is 0 Å². The van der Waals surface area contributed by atoms with E-state index in [1.165, 1.54) is 11.0 Å². The molecule has 1 aromatic carbocycles. The molecule has 1 unspecified atom stereocenters. The van der Waals surface area contributed by atoms with Crippen LogP contribution in [0.1, 0.15) is 107 Å². The Labute approximate surface area is 235 Å². The van der Waals surface area contributed by atoms with Gasteiger partial charge >= 0.3 is 0 Å². The molecule has 3 N–H and O–H groups in total. The molecule has 2 heterocycles. The van der Waals surface area contributed by atoms with E-state index in [-0.39, 0.29) is 39.9 Å². The predicted molar refractivity (Wildman–Crippen MR) is 153 cm³/mol. The highest BCUT2D eigenvalue weighted by molar-refractivity contribution is 7.18. The number of benzene rings is 1. The first-order chi connectivity index (χ1) is 18.7. The van der Waals surface area contributed by atoms with Gasteiger partial charge in [-0.05, 0) is 70.5 Å². The molecule has 0 radical (unpaired) electrons. The number of hydrogen-bond donors (Lipinski definition) is 3. The third kappa shape index (κ3) is 6.67. The first kappa shape index (κ1) is 30.0. The molecule has 3 atom stereocenters. The van der Waals surface area contributed by atoms with Gasteiger partial charge in [0.2, 0.25) is 11.7 Å². The average Bonchev–Trinajstić information content (AvgIpc) is 3.54. The second kappa shape index (κ2) is 11.5. The zero-order chi connectivity index (χ0) is 29.4. The third-order valence-corrected chi connectivity index (χ3v) is 7.81. The fourth-order valence-electron chi connectivity index (χ4n) is 5.15. The summed E-state index contributed by atoms with van der Waals surface area (Å²) in [5.74, 6) is -1.61. The van der Waals surface area contributed by atoms with E-state index in [0.29, 0.717) is 43.6 Å². The standard InChI is InChI=1S/C28H40F2N7O2P/c1-15(2)37-24(32-14-33-37)26(39)36-21(17-9-11-28(6,30)12-10-17)23-34-19-8-7-18(20(29)22(19)35-23)16(3)25(38)31-13-27(4,5)40/h7-8,14-17,21H,9-13,40H2,1-6H3,(H,31,38)(H,34,35)(H,36,39)/t16-,17?,21-,28?/m0/s1. The summed E-state index contributed by atoms with van der Waals surface area (Å²) in [5, 5.41) is 9.86. The fraction of sp³-hybridized carbons (Fsp3) is 0.607. The van der Waals surface area contributed by atoms with E-state index >= 15 is 4.39 Å². The van der Waals surface area contributed by atoms with Crippen molar-refractivity contribution in [2.75, 3.05) is 6.54 Å². The molecule has 2 aromatic heterocycles. The summed E-state index contributed by atoms with van der Waals surface area (Å²) in [7, 11) is 2.67. The molecule has 4 rings (SSSR count). The topological polar surface area (TPSA) is 118 Å². The van der Waals surface area contributed by atoms with Gasteiger partial charge in [0, 0.05) is 18.2 Å². The van der Waals surface area contributed by atoms with E-state index < -0.39 is 29.4 Å². The summed E-state index contributed by atoms with van der Waals surface area (Å²) >= 11 is 0. The molecule has 2 amide bonds. The maximum Gasteiger partial charge on any atom is 0.289 e. The number of nitrogens with zero attached hydrogens (tertiary/aromatic N) is 4. The van der Waals surface area contributed by atoms with Gasteiger partial charge < -0.3 is 15.6 Å². The number of halogens is 2. The number of rotatable bonds is 9. The molecule has 12 heteroatoms. The maximum absolute atomic E-state index is 15.8. The van der Waals surface area contributed by atoms with Crippen LogP contribution in [-0.2, 0) is 4.79 Å². The van der Waals surface area contributed by atoms with E-state index in [4.69, 9.17) is 0 Å². The number of carbonyl (C=O) groups excluding carboxylic acids is 2. The highest BCUT2D eigenvalue weighted by atomic mass is 31.0. The number of nitrogens with one attached hydrogen (secondary N) is 3. The molecule has 1 aliphatic carbocycles. The lowest BCUT2D eigenvalue weighted by atomic mass is 9.77. The maximum atomic E-state index is 15.8. The number of H-pyrrole nitrogens is 1. The van der Waals surface area contributed by atoms with Gasteiger partial charge in [-0.3, -0.25) is 9.59 Å². The van der Waals surface area contributed by atoms with Crippen LogP contribution in [0.3, 0.4) is 0 Å². The lowest BCUT2D eigenvalue weighted by Crippen LogP contribution is -2.39. The lowest BCUT2D eigenvalue weighted by molar-refractivity contribution is -0.122. The van der Waals surface area contributed by atoms with Gasteiger partial charge in [-0.1, -0.05) is 19.9 Å². The van der Waals surface area contributed by atoms with Crippen LogP contribution in [0.25, 0.3) is 11.0 Å². The molecule has 1 saturated carbocycles. The summed E-state index contributed by atoms with van der Waals surface area (Å²) in [6.07, 6.45) is 3.09. The molecule has 0 bridgehead atoms. The Bertz CT molecular complexity index is 1370. The Kier molecular flexibility index (Phi) is 8.64. The lowest BCUT2D eigenvalue weighted by Gasteiger charge is -2.35. The molecule has 1 fully saturated rings. The van der Waals surface area contributed by atoms with Crippen molar-refractivity contribution in [2.24, 2.45) is 5.92 Å². The minimum absolute atomic E-state index is 0.0799. The Balaban J connectivity index is 1.66. The van der Waals surface area contributed by atoms with Crippen LogP contribution in [0.15, 0.2) is 18.5 Å². The van der Waals surface area contributed by atoms with Crippen LogP contribution in [0, 0.1) is 11.7 Å². The number of imidazole rings is 1.